The molecule has 1 aliphatic heterocycles. The van der Waals surface area contributed by atoms with E-state index in [2.05, 4.69) is 5.10 Å². The van der Waals surface area contributed by atoms with Crippen LogP contribution in [0.1, 0.15) is 19.3 Å². The minimum atomic E-state index is 0. The first-order valence-electron chi connectivity index (χ1n) is 5.78. The van der Waals surface area contributed by atoms with Crippen LogP contribution in [0, 0.1) is 0 Å². The minimum absolute atomic E-state index is 0. The van der Waals surface area contributed by atoms with Crippen molar-refractivity contribution in [2.75, 3.05) is 13.1 Å². The standard InChI is InChI=1S/C11H18N4O.2ClH/c12-9-10-3-1-7-15(10)11(16)4-8-14-6-2-5-13-14;;/h2,5-6,10H,1,3-4,7-9,12H2;2*1H. The maximum Gasteiger partial charge on any atom is 0.224 e. The number of carbonyl (C=O) groups is 1. The number of amides is 1. The smallest absolute Gasteiger partial charge is 0.224 e. The van der Waals surface area contributed by atoms with Gasteiger partial charge in [-0.3, -0.25) is 9.48 Å². The highest BCUT2D eigenvalue weighted by Crippen LogP contribution is 2.17. The maximum absolute atomic E-state index is 11.9. The Kier molecular flexibility index (Phi) is 7.98. The van der Waals surface area contributed by atoms with Crippen LogP contribution in [-0.4, -0.2) is 39.7 Å². The van der Waals surface area contributed by atoms with Crippen molar-refractivity contribution >= 4 is 30.7 Å². The van der Waals surface area contributed by atoms with Crippen molar-refractivity contribution < 1.29 is 4.79 Å². The number of aromatic nitrogens is 2. The molecule has 0 saturated carbocycles. The molecular weight excluding hydrogens is 275 g/mol. The van der Waals surface area contributed by atoms with Crippen molar-refractivity contribution in [1.82, 2.24) is 14.7 Å². The summed E-state index contributed by atoms with van der Waals surface area (Å²) in [4.78, 5) is 13.9. The van der Waals surface area contributed by atoms with Gasteiger partial charge in [0.05, 0.1) is 0 Å². The van der Waals surface area contributed by atoms with Crippen molar-refractivity contribution in [3.8, 4) is 0 Å². The lowest BCUT2D eigenvalue weighted by Crippen LogP contribution is -2.40. The van der Waals surface area contributed by atoms with Gasteiger partial charge in [0.1, 0.15) is 0 Å². The van der Waals surface area contributed by atoms with Crippen molar-refractivity contribution in [2.45, 2.75) is 31.8 Å². The van der Waals surface area contributed by atoms with Crippen LogP contribution in [0.25, 0.3) is 0 Å². The number of likely N-dealkylation sites (tertiary alicyclic amines) is 1. The predicted molar refractivity (Wildman–Crippen MR) is 75.1 cm³/mol. The third-order valence-electron chi connectivity index (χ3n) is 3.08. The summed E-state index contributed by atoms with van der Waals surface area (Å²) >= 11 is 0. The fraction of sp³-hybridized carbons (Fsp3) is 0.636. The summed E-state index contributed by atoms with van der Waals surface area (Å²) in [6.45, 7) is 2.09. The summed E-state index contributed by atoms with van der Waals surface area (Å²) in [6, 6.07) is 2.12. The van der Waals surface area contributed by atoms with Crippen LogP contribution in [0.5, 0.6) is 0 Å². The first-order valence-corrected chi connectivity index (χ1v) is 5.78. The Hall–Kier alpha value is -0.780. The number of nitrogens with zero attached hydrogens (tertiary/aromatic N) is 3. The number of hydrogen-bond acceptors (Lipinski definition) is 3. The highest BCUT2D eigenvalue weighted by atomic mass is 35.5. The molecule has 0 radical (unpaired) electrons. The molecule has 1 atom stereocenters. The van der Waals surface area contributed by atoms with Crippen molar-refractivity contribution in [2.24, 2.45) is 5.73 Å². The van der Waals surface area contributed by atoms with E-state index in [1.54, 1.807) is 10.9 Å². The van der Waals surface area contributed by atoms with Gasteiger partial charge in [-0.15, -0.1) is 24.8 Å². The molecule has 2 rings (SSSR count). The Morgan fingerprint density at radius 1 is 1.44 bits per heavy atom. The first kappa shape index (κ1) is 17.2. The molecule has 1 unspecified atom stereocenters. The Balaban J connectivity index is 0.00000144. The zero-order chi connectivity index (χ0) is 11.4. The lowest BCUT2D eigenvalue weighted by Gasteiger charge is -2.23. The summed E-state index contributed by atoms with van der Waals surface area (Å²) in [7, 11) is 0. The zero-order valence-corrected chi connectivity index (χ0v) is 11.8. The minimum Gasteiger partial charge on any atom is -0.338 e. The number of carbonyl (C=O) groups excluding carboxylic acids is 1. The van der Waals surface area contributed by atoms with E-state index in [0.717, 1.165) is 19.4 Å². The Bertz CT molecular complexity index is 345. The molecule has 1 aliphatic rings. The van der Waals surface area contributed by atoms with E-state index in [-0.39, 0.29) is 36.8 Å². The second kappa shape index (κ2) is 8.34. The van der Waals surface area contributed by atoms with Gasteiger partial charge in [-0.05, 0) is 18.9 Å². The van der Waals surface area contributed by atoms with Crippen LogP contribution in [0.2, 0.25) is 0 Å². The number of halogens is 2. The third-order valence-corrected chi connectivity index (χ3v) is 3.08. The third kappa shape index (κ3) is 4.15. The molecule has 1 aromatic heterocycles. The lowest BCUT2D eigenvalue weighted by molar-refractivity contribution is -0.132. The molecule has 0 spiro atoms. The van der Waals surface area contributed by atoms with Gasteiger partial charge in [-0.2, -0.15) is 5.10 Å². The van der Waals surface area contributed by atoms with Gasteiger partial charge in [-0.1, -0.05) is 0 Å². The van der Waals surface area contributed by atoms with Crippen molar-refractivity contribution in [3.05, 3.63) is 18.5 Å². The van der Waals surface area contributed by atoms with E-state index in [0.29, 0.717) is 19.5 Å². The normalized spacial score (nSPS) is 18.1. The fourth-order valence-corrected chi connectivity index (χ4v) is 2.20. The monoisotopic (exact) mass is 294 g/mol. The maximum atomic E-state index is 11.9. The van der Waals surface area contributed by atoms with Gasteiger partial charge in [0.25, 0.3) is 0 Å². The van der Waals surface area contributed by atoms with Gasteiger partial charge in [0.15, 0.2) is 0 Å². The summed E-state index contributed by atoms with van der Waals surface area (Å²) < 4.78 is 1.78. The molecule has 7 heteroatoms. The highest BCUT2D eigenvalue weighted by Gasteiger charge is 2.26. The van der Waals surface area contributed by atoms with Gasteiger partial charge in [-0.25, -0.2) is 0 Å². The summed E-state index contributed by atoms with van der Waals surface area (Å²) in [6.07, 6.45) is 6.23. The second-order valence-electron chi connectivity index (χ2n) is 4.14. The number of rotatable bonds is 4. The molecule has 104 valence electrons. The summed E-state index contributed by atoms with van der Waals surface area (Å²) in [5.41, 5.74) is 5.64. The van der Waals surface area contributed by atoms with Crippen LogP contribution in [0.15, 0.2) is 18.5 Å². The number of hydrogen-bond donors (Lipinski definition) is 1. The Morgan fingerprint density at radius 2 is 2.22 bits per heavy atom. The highest BCUT2D eigenvalue weighted by molar-refractivity contribution is 5.85. The second-order valence-corrected chi connectivity index (χ2v) is 4.14. The first-order chi connectivity index (χ1) is 7.81. The predicted octanol–water partition coefficient (Wildman–Crippen LogP) is 1.07. The largest absolute Gasteiger partial charge is 0.338 e. The molecule has 0 aromatic carbocycles. The average molecular weight is 295 g/mol. The lowest BCUT2D eigenvalue weighted by atomic mass is 10.2. The van der Waals surface area contributed by atoms with E-state index in [4.69, 9.17) is 5.73 Å². The van der Waals surface area contributed by atoms with Crippen molar-refractivity contribution in [1.29, 1.82) is 0 Å². The molecule has 1 fully saturated rings. The number of nitrogens with two attached hydrogens (primary N) is 1. The molecule has 5 nitrogen and oxygen atoms in total. The summed E-state index contributed by atoms with van der Waals surface area (Å²) in [5, 5.41) is 4.08. The van der Waals surface area contributed by atoms with E-state index in [1.165, 1.54) is 0 Å². The molecule has 0 aliphatic carbocycles. The van der Waals surface area contributed by atoms with Crippen molar-refractivity contribution in [3.63, 3.8) is 0 Å². The molecule has 0 bridgehead atoms. The molecular formula is C11H20Cl2N4O. The van der Waals surface area contributed by atoms with Gasteiger partial charge >= 0.3 is 0 Å². The Morgan fingerprint density at radius 3 is 2.83 bits per heavy atom. The SMILES string of the molecule is Cl.Cl.NCC1CCCN1C(=O)CCn1cccn1. The quantitative estimate of drug-likeness (QED) is 0.903. The zero-order valence-electron chi connectivity index (χ0n) is 10.2. The molecule has 1 amide bonds. The molecule has 1 saturated heterocycles. The average Bonchev–Trinajstić information content (AvgIpc) is 2.96. The van der Waals surface area contributed by atoms with E-state index >= 15 is 0 Å². The van der Waals surface area contributed by atoms with Crippen LogP contribution in [0.3, 0.4) is 0 Å². The van der Waals surface area contributed by atoms with E-state index < -0.39 is 0 Å². The van der Waals surface area contributed by atoms with Crippen LogP contribution < -0.4 is 5.73 Å². The van der Waals surface area contributed by atoms with Crippen LogP contribution >= 0.6 is 24.8 Å². The fourth-order valence-electron chi connectivity index (χ4n) is 2.20. The number of aryl methyl sites for hydroxylation is 1. The summed E-state index contributed by atoms with van der Waals surface area (Å²) in [5.74, 6) is 0.198. The van der Waals surface area contributed by atoms with Crippen LogP contribution in [0.4, 0.5) is 0 Å². The molecule has 18 heavy (non-hydrogen) atoms. The van der Waals surface area contributed by atoms with E-state index in [1.807, 2.05) is 17.2 Å². The van der Waals surface area contributed by atoms with Gasteiger partial charge < -0.3 is 10.6 Å². The topological polar surface area (TPSA) is 64.2 Å². The molecule has 2 N–H and O–H groups in total. The molecule has 2 heterocycles. The van der Waals surface area contributed by atoms with Crippen LogP contribution in [-0.2, 0) is 11.3 Å². The van der Waals surface area contributed by atoms with Gasteiger partial charge in [0, 0.05) is 44.5 Å². The Labute approximate surface area is 120 Å². The molecule has 1 aromatic rings. The van der Waals surface area contributed by atoms with Gasteiger partial charge in [0.2, 0.25) is 5.91 Å². The van der Waals surface area contributed by atoms with E-state index in [9.17, 15) is 4.79 Å².